The van der Waals surface area contributed by atoms with E-state index in [9.17, 15) is 18.0 Å². The Labute approximate surface area is 123 Å². The van der Waals surface area contributed by atoms with E-state index in [0.717, 1.165) is 12.8 Å². The van der Waals surface area contributed by atoms with Gasteiger partial charge in [-0.25, -0.2) is 0 Å². The zero-order chi connectivity index (χ0) is 15.3. The van der Waals surface area contributed by atoms with E-state index < -0.39 is 12.7 Å². The van der Waals surface area contributed by atoms with Crippen LogP contribution in [0.1, 0.15) is 32.1 Å². The molecule has 0 spiro atoms. The van der Waals surface area contributed by atoms with Crippen molar-refractivity contribution in [1.82, 2.24) is 10.2 Å². The number of nitrogens with zero attached hydrogens (tertiary/aromatic N) is 1. The molecule has 2 heterocycles. The number of ether oxygens (including phenoxy) is 1. The molecule has 0 aromatic heterocycles. The SMILES string of the molecule is O=C(CC1CCN(CC(F)(F)F)CC1)NC1CCOCC1. The molecule has 0 aromatic rings. The van der Waals surface area contributed by atoms with E-state index in [1.807, 2.05) is 0 Å². The molecule has 0 saturated carbocycles. The lowest BCUT2D eigenvalue weighted by molar-refractivity contribution is -0.149. The molecule has 122 valence electrons. The Morgan fingerprint density at radius 1 is 1.14 bits per heavy atom. The molecule has 1 N–H and O–H groups in total. The molecule has 4 nitrogen and oxygen atoms in total. The van der Waals surface area contributed by atoms with Crippen LogP contribution in [0.5, 0.6) is 0 Å². The van der Waals surface area contributed by atoms with Crippen molar-refractivity contribution >= 4 is 5.91 Å². The maximum atomic E-state index is 12.3. The number of piperidine rings is 1. The van der Waals surface area contributed by atoms with Crippen LogP contribution in [-0.2, 0) is 9.53 Å². The van der Waals surface area contributed by atoms with Crippen molar-refractivity contribution in [2.45, 2.75) is 44.3 Å². The second-order valence-electron chi connectivity index (χ2n) is 5.99. The number of hydrogen-bond acceptors (Lipinski definition) is 3. The van der Waals surface area contributed by atoms with Gasteiger partial charge < -0.3 is 10.1 Å². The summed E-state index contributed by atoms with van der Waals surface area (Å²) in [5, 5.41) is 3.00. The summed E-state index contributed by atoms with van der Waals surface area (Å²) in [4.78, 5) is 13.4. The average Bonchev–Trinajstić information content (AvgIpc) is 2.40. The fourth-order valence-corrected chi connectivity index (χ4v) is 2.99. The van der Waals surface area contributed by atoms with Crippen LogP contribution in [0.15, 0.2) is 0 Å². The summed E-state index contributed by atoms with van der Waals surface area (Å²) >= 11 is 0. The summed E-state index contributed by atoms with van der Waals surface area (Å²) in [5.41, 5.74) is 0. The Morgan fingerprint density at radius 3 is 2.33 bits per heavy atom. The first-order valence-corrected chi connectivity index (χ1v) is 7.58. The molecular weight excluding hydrogens is 285 g/mol. The van der Waals surface area contributed by atoms with Gasteiger partial charge in [0.2, 0.25) is 5.91 Å². The highest BCUT2D eigenvalue weighted by atomic mass is 19.4. The van der Waals surface area contributed by atoms with Gasteiger partial charge in [-0.2, -0.15) is 13.2 Å². The van der Waals surface area contributed by atoms with Gasteiger partial charge >= 0.3 is 6.18 Å². The number of halogens is 3. The van der Waals surface area contributed by atoms with Crippen LogP contribution in [-0.4, -0.2) is 55.9 Å². The molecule has 2 fully saturated rings. The number of carbonyl (C=O) groups is 1. The van der Waals surface area contributed by atoms with Crippen molar-refractivity contribution in [2.75, 3.05) is 32.8 Å². The summed E-state index contributed by atoms with van der Waals surface area (Å²) in [6.45, 7) is 1.37. The van der Waals surface area contributed by atoms with Gasteiger partial charge in [0.1, 0.15) is 0 Å². The third-order valence-electron chi connectivity index (χ3n) is 4.17. The standard InChI is InChI=1S/C14H23F3N2O2/c15-14(16,17)10-19-5-1-11(2-6-19)9-13(20)18-12-3-7-21-8-4-12/h11-12H,1-10H2,(H,18,20). The minimum Gasteiger partial charge on any atom is -0.381 e. The second-order valence-corrected chi connectivity index (χ2v) is 5.99. The molecule has 21 heavy (non-hydrogen) atoms. The summed E-state index contributed by atoms with van der Waals surface area (Å²) in [6.07, 6.45) is -0.690. The lowest BCUT2D eigenvalue weighted by Gasteiger charge is -2.32. The van der Waals surface area contributed by atoms with Gasteiger partial charge in [0.15, 0.2) is 0 Å². The van der Waals surface area contributed by atoms with Crippen LogP contribution in [0.4, 0.5) is 13.2 Å². The van der Waals surface area contributed by atoms with Crippen molar-refractivity contribution in [2.24, 2.45) is 5.92 Å². The van der Waals surface area contributed by atoms with Gasteiger partial charge in [-0.05, 0) is 44.7 Å². The molecule has 2 aliphatic rings. The maximum Gasteiger partial charge on any atom is 0.401 e. The highest BCUT2D eigenvalue weighted by Gasteiger charge is 2.32. The van der Waals surface area contributed by atoms with Gasteiger partial charge in [0, 0.05) is 25.7 Å². The van der Waals surface area contributed by atoms with Gasteiger partial charge in [0.05, 0.1) is 6.54 Å². The predicted molar refractivity (Wildman–Crippen MR) is 71.8 cm³/mol. The number of alkyl halides is 3. The van der Waals surface area contributed by atoms with Crippen LogP contribution in [0.25, 0.3) is 0 Å². The third-order valence-corrected chi connectivity index (χ3v) is 4.17. The topological polar surface area (TPSA) is 41.6 Å². The van der Waals surface area contributed by atoms with Crippen LogP contribution >= 0.6 is 0 Å². The van der Waals surface area contributed by atoms with Gasteiger partial charge in [-0.1, -0.05) is 0 Å². The Balaban J connectivity index is 1.64. The van der Waals surface area contributed by atoms with E-state index in [4.69, 9.17) is 4.74 Å². The first-order chi connectivity index (χ1) is 9.92. The van der Waals surface area contributed by atoms with E-state index >= 15 is 0 Å². The summed E-state index contributed by atoms with van der Waals surface area (Å²) in [7, 11) is 0. The molecule has 0 aliphatic carbocycles. The number of amides is 1. The fourth-order valence-electron chi connectivity index (χ4n) is 2.99. The van der Waals surface area contributed by atoms with E-state index in [0.29, 0.717) is 45.6 Å². The van der Waals surface area contributed by atoms with Crippen molar-refractivity contribution in [1.29, 1.82) is 0 Å². The highest BCUT2D eigenvalue weighted by molar-refractivity contribution is 5.76. The molecule has 0 radical (unpaired) electrons. The molecule has 1 amide bonds. The quantitative estimate of drug-likeness (QED) is 0.863. The molecule has 2 aliphatic heterocycles. The number of nitrogens with one attached hydrogen (secondary N) is 1. The van der Waals surface area contributed by atoms with Gasteiger partial charge in [0.25, 0.3) is 0 Å². The first kappa shape index (κ1) is 16.5. The Hall–Kier alpha value is -0.820. The zero-order valence-electron chi connectivity index (χ0n) is 12.1. The Bertz CT molecular complexity index is 336. The van der Waals surface area contributed by atoms with Crippen LogP contribution < -0.4 is 5.32 Å². The molecule has 2 saturated heterocycles. The monoisotopic (exact) mass is 308 g/mol. The Kier molecular flexibility index (Phi) is 5.87. The number of hydrogen-bond donors (Lipinski definition) is 1. The summed E-state index contributed by atoms with van der Waals surface area (Å²) in [5.74, 6) is 0.227. The van der Waals surface area contributed by atoms with Crippen molar-refractivity contribution in [3.63, 3.8) is 0 Å². The van der Waals surface area contributed by atoms with Crippen LogP contribution in [0.2, 0.25) is 0 Å². The molecule has 0 bridgehead atoms. The minimum atomic E-state index is -4.13. The lowest BCUT2D eigenvalue weighted by Crippen LogP contribution is -2.42. The van der Waals surface area contributed by atoms with Gasteiger partial charge in [-0.3, -0.25) is 9.69 Å². The molecule has 0 aromatic carbocycles. The second kappa shape index (κ2) is 7.45. The van der Waals surface area contributed by atoms with Gasteiger partial charge in [-0.15, -0.1) is 0 Å². The van der Waals surface area contributed by atoms with Crippen LogP contribution in [0, 0.1) is 5.92 Å². The largest absolute Gasteiger partial charge is 0.401 e. The van der Waals surface area contributed by atoms with E-state index in [-0.39, 0.29) is 17.9 Å². The average molecular weight is 308 g/mol. The van der Waals surface area contributed by atoms with E-state index in [1.165, 1.54) is 4.90 Å². The maximum absolute atomic E-state index is 12.3. The number of carbonyl (C=O) groups excluding carboxylic acids is 1. The van der Waals surface area contributed by atoms with E-state index in [1.54, 1.807) is 0 Å². The molecular formula is C14H23F3N2O2. The highest BCUT2D eigenvalue weighted by Crippen LogP contribution is 2.24. The summed E-state index contributed by atoms with van der Waals surface area (Å²) in [6, 6.07) is 0.191. The predicted octanol–water partition coefficient (Wildman–Crippen LogP) is 1.95. The van der Waals surface area contributed by atoms with Crippen molar-refractivity contribution in [3.8, 4) is 0 Å². The smallest absolute Gasteiger partial charge is 0.381 e. The summed E-state index contributed by atoms with van der Waals surface area (Å²) < 4.78 is 42.1. The fraction of sp³-hybridized carbons (Fsp3) is 0.929. The number of rotatable bonds is 4. The molecule has 0 unspecified atom stereocenters. The van der Waals surface area contributed by atoms with Crippen molar-refractivity contribution < 1.29 is 22.7 Å². The van der Waals surface area contributed by atoms with Crippen LogP contribution in [0.3, 0.4) is 0 Å². The molecule has 0 atom stereocenters. The normalized spacial score (nSPS) is 23.2. The van der Waals surface area contributed by atoms with Crippen molar-refractivity contribution in [3.05, 3.63) is 0 Å². The number of likely N-dealkylation sites (tertiary alicyclic amines) is 1. The molecule has 7 heteroatoms. The minimum absolute atomic E-state index is 0.0242. The first-order valence-electron chi connectivity index (χ1n) is 7.58. The third kappa shape index (κ3) is 6.22. The lowest BCUT2D eigenvalue weighted by atomic mass is 9.93. The van der Waals surface area contributed by atoms with E-state index in [2.05, 4.69) is 5.32 Å². The zero-order valence-corrected chi connectivity index (χ0v) is 12.1. The molecule has 2 rings (SSSR count). The Morgan fingerprint density at radius 2 is 1.76 bits per heavy atom.